The van der Waals surface area contributed by atoms with Crippen molar-refractivity contribution in [2.75, 3.05) is 13.2 Å². The maximum Gasteiger partial charge on any atom is 0.306 e. The van der Waals surface area contributed by atoms with Gasteiger partial charge in [0.2, 0.25) is 0 Å². The molecule has 0 bridgehead atoms. The molecule has 0 rings (SSSR count). The Kier molecular flexibility index (Phi) is 50.9. The van der Waals surface area contributed by atoms with E-state index in [0.717, 1.165) is 77.0 Å². The third-order valence-electron chi connectivity index (χ3n) is 11.3. The highest BCUT2D eigenvalue weighted by atomic mass is 16.6. The summed E-state index contributed by atoms with van der Waals surface area (Å²) < 4.78 is 16.7. The van der Waals surface area contributed by atoms with E-state index in [-0.39, 0.29) is 44.0 Å². The molecule has 1 unspecified atom stereocenters. The SMILES string of the molecule is CC/C=C\C/C=C\C/C=C\C/C=C\CCCCCC(=O)OC(COC(=O)CC/C=C\C/C=C\CCCCCCCC)COC(=O)CCCCCCCCCCCC/C=C\C=C/CCCCC. The van der Waals surface area contributed by atoms with Crippen molar-refractivity contribution in [2.24, 2.45) is 0 Å². The molecule has 0 aromatic carbocycles. The quantitative estimate of drug-likeness (QED) is 0.0199. The Bertz CT molecular complexity index is 1330. The van der Waals surface area contributed by atoms with Crippen LogP contribution in [0.15, 0.2) is 97.2 Å². The van der Waals surface area contributed by atoms with Crippen LogP contribution in [0.4, 0.5) is 0 Å². The van der Waals surface area contributed by atoms with Crippen molar-refractivity contribution in [3.05, 3.63) is 97.2 Å². The standard InChI is InChI=1S/C60H100O6/c1-4-7-10-13-16-19-22-25-27-29-30-31-33-35-38-41-44-47-50-53-59(62)65-56-57(55-64-58(61)52-49-46-43-40-37-34-24-21-18-15-12-9-6-3)66-60(63)54-51-48-45-42-39-36-32-28-26-23-20-17-14-11-8-5-2/h8,11,16-17,19-20,22,25-26,28,34,36-37,39,43,46,57H,4-7,9-10,12-15,18,21,23-24,27,29-33,35,38,40-42,44-45,47-56H2,1-3H3/b11-8-,19-16-,20-17-,25-22-,28-26-,37-34-,39-36-,46-43-. The monoisotopic (exact) mass is 917 g/mol. The fourth-order valence-electron chi connectivity index (χ4n) is 7.24. The van der Waals surface area contributed by atoms with Crippen LogP contribution in [-0.2, 0) is 28.6 Å². The van der Waals surface area contributed by atoms with Crippen molar-refractivity contribution >= 4 is 17.9 Å². The molecule has 6 nitrogen and oxygen atoms in total. The number of hydrogen-bond donors (Lipinski definition) is 0. The zero-order valence-electron chi connectivity index (χ0n) is 42.9. The lowest BCUT2D eigenvalue weighted by Crippen LogP contribution is -2.30. The first-order valence-electron chi connectivity index (χ1n) is 27.3. The molecule has 0 radical (unpaired) electrons. The first kappa shape index (κ1) is 62.3. The Morgan fingerprint density at radius 3 is 1.15 bits per heavy atom. The first-order valence-corrected chi connectivity index (χ1v) is 27.3. The van der Waals surface area contributed by atoms with Gasteiger partial charge in [0.1, 0.15) is 13.2 Å². The van der Waals surface area contributed by atoms with Crippen molar-refractivity contribution in [3.63, 3.8) is 0 Å². The molecule has 0 aromatic rings. The molecule has 0 N–H and O–H groups in total. The maximum absolute atomic E-state index is 12.8. The van der Waals surface area contributed by atoms with Gasteiger partial charge in [0, 0.05) is 19.3 Å². The largest absolute Gasteiger partial charge is 0.462 e. The van der Waals surface area contributed by atoms with Crippen LogP contribution in [0.25, 0.3) is 0 Å². The molecule has 0 saturated carbocycles. The highest BCUT2D eigenvalue weighted by molar-refractivity contribution is 5.71. The molecule has 0 fully saturated rings. The molecule has 0 aliphatic heterocycles. The Morgan fingerprint density at radius 1 is 0.333 bits per heavy atom. The third-order valence-corrected chi connectivity index (χ3v) is 11.3. The van der Waals surface area contributed by atoms with Gasteiger partial charge < -0.3 is 14.2 Å². The summed E-state index contributed by atoms with van der Waals surface area (Å²) in [5.41, 5.74) is 0. The van der Waals surface area contributed by atoms with E-state index in [1.54, 1.807) is 0 Å². The van der Waals surface area contributed by atoms with E-state index in [2.05, 4.69) is 112 Å². The maximum atomic E-state index is 12.8. The van der Waals surface area contributed by atoms with Crippen molar-refractivity contribution in [3.8, 4) is 0 Å². The van der Waals surface area contributed by atoms with Gasteiger partial charge in [0.15, 0.2) is 6.10 Å². The van der Waals surface area contributed by atoms with Crippen LogP contribution in [0.3, 0.4) is 0 Å². The van der Waals surface area contributed by atoms with E-state index in [0.29, 0.717) is 19.3 Å². The van der Waals surface area contributed by atoms with Gasteiger partial charge in [0.05, 0.1) is 0 Å². The summed E-state index contributed by atoms with van der Waals surface area (Å²) in [5.74, 6) is -1.02. The molecule has 0 saturated heterocycles. The zero-order valence-corrected chi connectivity index (χ0v) is 42.9. The topological polar surface area (TPSA) is 78.9 Å². The van der Waals surface area contributed by atoms with E-state index in [1.165, 1.54) is 116 Å². The molecule has 6 heteroatoms. The lowest BCUT2D eigenvalue weighted by atomic mass is 10.1. The normalized spacial score (nSPS) is 12.8. The van der Waals surface area contributed by atoms with Crippen LogP contribution in [0.5, 0.6) is 0 Å². The summed E-state index contributed by atoms with van der Waals surface area (Å²) in [7, 11) is 0. The Hall–Kier alpha value is -3.67. The number of unbranched alkanes of at least 4 members (excludes halogenated alkanes) is 22. The highest BCUT2D eigenvalue weighted by Crippen LogP contribution is 2.14. The molecule has 0 amide bonds. The predicted octanol–water partition coefficient (Wildman–Crippen LogP) is 18.1. The van der Waals surface area contributed by atoms with Crippen LogP contribution in [0.2, 0.25) is 0 Å². The minimum atomic E-state index is -0.819. The smallest absolute Gasteiger partial charge is 0.306 e. The summed E-state index contributed by atoms with van der Waals surface area (Å²) in [6.45, 7) is 6.41. The fraction of sp³-hybridized carbons (Fsp3) is 0.683. The summed E-state index contributed by atoms with van der Waals surface area (Å²) in [4.78, 5) is 38.0. The van der Waals surface area contributed by atoms with Gasteiger partial charge in [-0.1, -0.05) is 221 Å². The lowest BCUT2D eigenvalue weighted by molar-refractivity contribution is -0.166. The molecule has 66 heavy (non-hydrogen) atoms. The summed E-state index contributed by atoms with van der Waals surface area (Å²) in [6, 6.07) is 0. The van der Waals surface area contributed by atoms with Crippen molar-refractivity contribution in [1.29, 1.82) is 0 Å². The van der Waals surface area contributed by atoms with Crippen LogP contribution in [-0.4, -0.2) is 37.2 Å². The molecule has 0 spiro atoms. The average Bonchev–Trinajstić information content (AvgIpc) is 3.31. The van der Waals surface area contributed by atoms with E-state index >= 15 is 0 Å². The first-order chi connectivity index (χ1) is 32.5. The number of ether oxygens (including phenoxy) is 3. The van der Waals surface area contributed by atoms with E-state index in [9.17, 15) is 14.4 Å². The number of carbonyl (C=O) groups is 3. The Morgan fingerprint density at radius 2 is 0.667 bits per heavy atom. The summed E-state index contributed by atoms with van der Waals surface area (Å²) >= 11 is 0. The lowest BCUT2D eigenvalue weighted by Gasteiger charge is -2.18. The van der Waals surface area contributed by atoms with Gasteiger partial charge in [-0.05, 0) is 103 Å². The molecule has 0 aliphatic rings. The second kappa shape index (κ2) is 53.9. The van der Waals surface area contributed by atoms with Gasteiger partial charge in [-0.25, -0.2) is 0 Å². The molecule has 0 aliphatic carbocycles. The number of esters is 3. The van der Waals surface area contributed by atoms with Crippen LogP contribution in [0, 0.1) is 0 Å². The van der Waals surface area contributed by atoms with Crippen molar-refractivity contribution in [2.45, 2.75) is 252 Å². The molecule has 0 aromatic heterocycles. The van der Waals surface area contributed by atoms with Crippen LogP contribution in [0.1, 0.15) is 245 Å². The number of carbonyl (C=O) groups excluding carboxylic acids is 3. The highest BCUT2D eigenvalue weighted by Gasteiger charge is 2.19. The number of allylic oxidation sites excluding steroid dienone is 16. The van der Waals surface area contributed by atoms with Gasteiger partial charge >= 0.3 is 17.9 Å². The van der Waals surface area contributed by atoms with E-state index < -0.39 is 6.10 Å². The number of rotatable bonds is 48. The Labute approximate surface area is 407 Å². The molecule has 376 valence electrons. The molecule has 0 heterocycles. The third kappa shape index (κ3) is 51.3. The predicted molar refractivity (Wildman–Crippen MR) is 284 cm³/mol. The van der Waals surface area contributed by atoms with E-state index in [1.807, 2.05) is 6.08 Å². The molecular formula is C60H100O6. The summed E-state index contributed by atoms with van der Waals surface area (Å²) in [5, 5.41) is 0. The van der Waals surface area contributed by atoms with E-state index in [4.69, 9.17) is 14.2 Å². The zero-order chi connectivity index (χ0) is 47.9. The van der Waals surface area contributed by atoms with Crippen molar-refractivity contribution < 1.29 is 28.6 Å². The Balaban J connectivity index is 4.48. The summed E-state index contributed by atoms with van der Waals surface area (Å²) in [6.07, 6.45) is 71.2. The average molecular weight is 917 g/mol. The molecule has 1 atom stereocenters. The second-order valence-electron chi connectivity index (χ2n) is 17.8. The minimum absolute atomic E-state index is 0.110. The van der Waals surface area contributed by atoms with Crippen LogP contribution >= 0.6 is 0 Å². The van der Waals surface area contributed by atoms with Gasteiger partial charge in [-0.15, -0.1) is 0 Å². The van der Waals surface area contributed by atoms with Gasteiger partial charge in [0.25, 0.3) is 0 Å². The van der Waals surface area contributed by atoms with Crippen LogP contribution < -0.4 is 0 Å². The second-order valence-corrected chi connectivity index (χ2v) is 17.8. The van der Waals surface area contributed by atoms with Crippen molar-refractivity contribution in [1.82, 2.24) is 0 Å². The van der Waals surface area contributed by atoms with Gasteiger partial charge in [-0.3, -0.25) is 14.4 Å². The molecular weight excluding hydrogens is 817 g/mol. The number of hydrogen-bond acceptors (Lipinski definition) is 6. The van der Waals surface area contributed by atoms with Gasteiger partial charge in [-0.2, -0.15) is 0 Å². The fourth-order valence-corrected chi connectivity index (χ4v) is 7.24. The minimum Gasteiger partial charge on any atom is -0.462 e.